The molecule has 0 spiro atoms. The van der Waals surface area contributed by atoms with Gasteiger partial charge in [-0.2, -0.15) is 0 Å². The molecule has 0 aliphatic carbocycles. The Kier molecular flexibility index (Phi) is 11.9. The van der Waals surface area contributed by atoms with Crippen LogP contribution >= 0.6 is 0 Å². The van der Waals surface area contributed by atoms with E-state index in [2.05, 4.69) is 6.58 Å². The number of carbonyl (C=O) groups excluding carboxylic acids is 4. The summed E-state index contributed by atoms with van der Waals surface area (Å²) in [5, 5.41) is 0. The van der Waals surface area contributed by atoms with Crippen molar-refractivity contribution in [2.24, 2.45) is 5.92 Å². The lowest BCUT2D eigenvalue weighted by Crippen LogP contribution is -2.14. The average molecular weight is 513 g/mol. The molecule has 0 radical (unpaired) electrons. The molecular formula is C28H32O9. The molecule has 0 unspecified atom stereocenters. The lowest BCUT2D eigenvalue weighted by Gasteiger charge is -2.09. The van der Waals surface area contributed by atoms with E-state index >= 15 is 0 Å². The smallest absolute Gasteiger partial charge is 0.338 e. The zero-order valence-electron chi connectivity index (χ0n) is 21.3. The fourth-order valence-electron chi connectivity index (χ4n) is 2.70. The highest BCUT2D eigenvalue weighted by molar-refractivity contribution is 5.90. The molecule has 2 aromatic carbocycles. The Hall–Kier alpha value is -4.14. The second kappa shape index (κ2) is 15.1. The summed E-state index contributed by atoms with van der Waals surface area (Å²) < 4.78 is 26.1. The van der Waals surface area contributed by atoms with Crippen molar-refractivity contribution in [3.05, 3.63) is 71.8 Å². The van der Waals surface area contributed by atoms with Gasteiger partial charge in [-0.05, 0) is 55.5 Å². The van der Waals surface area contributed by atoms with Crippen LogP contribution in [0.2, 0.25) is 0 Å². The molecule has 0 saturated carbocycles. The van der Waals surface area contributed by atoms with Gasteiger partial charge >= 0.3 is 23.9 Å². The second-order valence-corrected chi connectivity index (χ2v) is 8.37. The van der Waals surface area contributed by atoms with Gasteiger partial charge in [0.1, 0.15) is 11.5 Å². The van der Waals surface area contributed by atoms with Crippen LogP contribution in [0.25, 0.3) is 0 Å². The molecule has 0 atom stereocenters. The Labute approximate surface area is 216 Å². The van der Waals surface area contributed by atoms with Gasteiger partial charge in [0.05, 0.1) is 43.5 Å². The summed E-state index contributed by atoms with van der Waals surface area (Å²) in [4.78, 5) is 47.0. The van der Waals surface area contributed by atoms with Gasteiger partial charge in [-0.25, -0.2) is 14.4 Å². The number of esters is 4. The Morgan fingerprint density at radius 3 is 1.49 bits per heavy atom. The monoisotopic (exact) mass is 512 g/mol. The van der Waals surface area contributed by atoms with Crippen LogP contribution in [0.5, 0.6) is 11.5 Å². The Bertz CT molecular complexity index is 1070. The van der Waals surface area contributed by atoms with Crippen LogP contribution in [0.15, 0.2) is 60.7 Å². The average Bonchev–Trinajstić information content (AvgIpc) is 2.88. The van der Waals surface area contributed by atoms with E-state index in [1.54, 1.807) is 69.3 Å². The number of ether oxygens (including phenoxy) is 5. The van der Waals surface area contributed by atoms with E-state index in [-0.39, 0.29) is 38.3 Å². The molecular weight excluding hydrogens is 480 g/mol. The van der Waals surface area contributed by atoms with Gasteiger partial charge in [-0.1, -0.05) is 20.4 Å². The molecule has 0 N–H and O–H groups in total. The van der Waals surface area contributed by atoms with Gasteiger partial charge < -0.3 is 23.7 Å². The molecule has 0 fully saturated rings. The SMILES string of the molecule is C=C(C)C(=O)OCCCOC(=O)c1ccc(Oc2ccc(C(=O)OCCCOC(=O)C(C)C)cc2)cc1. The van der Waals surface area contributed by atoms with E-state index in [1.165, 1.54) is 0 Å². The molecule has 198 valence electrons. The van der Waals surface area contributed by atoms with E-state index < -0.39 is 17.9 Å². The minimum Gasteiger partial charge on any atom is -0.465 e. The molecule has 0 saturated heterocycles. The van der Waals surface area contributed by atoms with Crippen LogP contribution in [-0.4, -0.2) is 50.3 Å². The topological polar surface area (TPSA) is 114 Å². The van der Waals surface area contributed by atoms with Crippen LogP contribution in [0.3, 0.4) is 0 Å². The number of hydrogen-bond acceptors (Lipinski definition) is 9. The maximum Gasteiger partial charge on any atom is 0.338 e. The van der Waals surface area contributed by atoms with Crippen molar-refractivity contribution < 1.29 is 42.9 Å². The number of rotatable bonds is 14. The van der Waals surface area contributed by atoms with Gasteiger partial charge in [0.25, 0.3) is 0 Å². The first-order valence-electron chi connectivity index (χ1n) is 11.9. The Balaban J connectivity index is 1.72. The number of benzene rings is 2. The summed E-state index contributed by atoms with van der Waals surface area (Å²) in [7, 11) is 0. The van der Waals surface area contributed by atoms with Crippen LogP contribution in [0.1, 0.15) is 54.3 Å². The zero-order chi connectivity index (χ0) is 27.2. The van der Waals surface area contributed by atoms with E-state index in [9.17, 15) is 19.2 Å². The van der Waals surface area contributed by atoms with Crippen LogP contribution in [0, 0.1) is 5.92 Å². The van der Waals surface area contributed by atoms with Crippen molar-refractivity contribution in [1.29, 1.82) is 0 Å². The first kappa shape index (κ1) is 29.1. The van der Waals surface area contributed by atoms with E-state index in [0.717, 1.165) is 0 Å². The molecule has 0 amide bonds. The maximum absolute atomic E-state index is 12.1. The fourth-order valence-corrected chi connectivity index (χ4v) is 2.70. The van der Waals surface area contributed by atoms with Gasteiger partial charge in [-0.15, -0.1) is 0 Å². The predicted molar refractivity (Wildman–Crippen MR) is 134 cm³/mol. The highest BCUT2D eigenvalue weighted by atomic mass is 16.6. The molecule has 0 bridgehead atoms. The maximum atomic E-state index is 12.1. The van der Waals surface area contributed by atoms with Crippen molar-refractivity contribution in [2.45, 2.75) is 33.6 Å². The van der Waals surface area contributed by atoms with Crippen LogP contribution in [0.4, 0.5) is 0 Å². The molecule has 0 aromatic heterocycles. The lowest BCUT2D eigenvalue weighted by atomic mass is 10.2. The summed E-state index contributed by atoms with van der Waals surface area (Å²) >= 11 is 0. The molecule has 9 nitrogen and oxygen atoms in total. The standard InChI is InChI=1S/C28H32O9/c1-19(2)25(29)33-15-5-17-35-27(31)21-7-11-23(12-8-21)37-24-13-9-22(10-14-24)28(32)36-18-6-16-34-26(30)20(3)4/h7-14,20H,1,5-6,15-18H2,2-4H3. The third kappa shape index (κ3) is 10.6. The first-order chi connectivity index (χ1) is 17.7. The summed E-state index contributed by atoms with van der Waals surface area (Å²) in [6, 6.07) is 12.8. The quantitative estimate of drug-likeness (QED) is 0.151. The minimum atomic E-state index is -0.501. The highest BCUT2D eigenvalue weighted by Crippen LogP contribution is 2.22. The molecule has 0 aliphatic rings. The van der Waals surface area contributed by atoms with Gasteiger partial charge in [-0.3, -0.25) is 4.79 Å². The third-order valence-electron chi connectivity index (χ3n) is 4.76. The Morgan fingerprint density at radius 2 is 1.08 bits per heavy atom. The van der Waals surface area contributed by atoms with Crippen molar-refractivity contribution in [3.63, 3.8) is 0 Å². The van der Waals surface area contributed by atoms with Crippen molar-refractivity contribution in [2.75, 3.05) is 26.4 Å². The van der Waals surface area contributed by atoms with E-state index in [0.29, 0.717) is 41.0 Å². The zero-order valence-corrected chi connectivity index (χ0v) is 21.3. The normalized spacial score (nSPS) is 10.4. The first-order valence-corrected chi connectivity index (χ1v) is 11.9. The fraction of sp³-hybridized carbons (Fsp3) is 0.357. The van der Waals surface area contributed by atoms with Gasteiger partial charge in [0.15, 0.2) is 0 Å². The van der Waals surface area contributed by atoms with E-state index in [4.69, 9.17) is 23.7 Å². The lowest BCUT2D eigenvalue weighted by molar-refractivity contribution is -0.147. The van der Waals surface area contributed by atoms with E-state index in [1.807, 2.05) is 0 Å². The Morgan fingerprint density at radius 1 is 0.676 bits per heavy atom. The van der Waals surface area contributed by atoms with Crippen molar-refractivity contribution >= 4 is 23.9 Å². The van der Waals surface area contributed by atoms with Crippen LogP contribution in [-0.2, 0) is 28.5 Å². The molecule has 0 aliphatic heterocycles. The molecule has 0 heterocycles. The van der Waals surface area contributed by atoms with Crippen molar-refractivity contribution in [3.8, 4) is 11.5 Å². The van der Waals surface area contributed by atoms with Crippen LogP contribution < -0.4 is 4.74 Å². The summed E-state index contributed by atoms with van der Waals surface area (Å²) in [6.07, 6.45) is 0.795. The van der Waals surface area contributed by atoms with Gasteiger partial charge in [0, 0.05) is 18.4 Å². The number of hydrogen-bond donors (Lipinski definition) is 0. The van der Waals surface area contributed by atoms with Gasteiger partial charge in [0.2, 0.25) is 0 Å². The molecule has 2 rings (SSSR count). The molecule has 2 aromatic rings. The molecule has 9 heteroatoms. The summed E-state index contributed by atoms with van der Waals surface area (Å²) in [6.45, 7) is 9.13. The third-order valence-corrected chi connectivity index (χ3v) is 4.76. The predicted octanol–water partition coefficient (Wildman–Crippen LogP) is 4.89. The molecule has 37 heavy (non-hydrogen) atoms. The second-order valence-electron chi connectivity index (χ2n) is 8.37. The van der Waals surface area contributed by atoms with Crippen molar-refractivity contribution in [1.82, 2.24) is 0 Å². The highest BCUT2D eigenvalue weighted by Gasteiger charge is 2.11. The summed E-state index contributed by atoms with van der Waals surface area (Å²) in [5.74, 6) is -0.953. The largest absolute Gasteiger partial charge is 0.465 e. The minimum absolute atomic E-state index is 0.112. The number of carbonyl (C=O) groups is 4. The summed E-state index contributed by atoms with van der Waals surface area (Å²) in [5.41, 5.74) is 1.02.